The molecule has 0 aliphatic heterocycles. The van der Waals surface area contributed by atoms with Crippen molar-refractivity contribution in [2.24, 2.45) is 0 Å². The molecule has 1 atom stereocenters. The van der Waals surface area contributed by atoms with Crippen molar-refractivity contribution in [1.29, 1.82) is 0 Å². The van der Waals surface area contributed by atoms with Crippen LogP contribution in [-0.2, 0) is 0 Å². The molecule has 0 saturated heterocycles. The smallest absolute Gasteiger partial charge is 0.315 e. The number of nitrogens with zero attached hydrogens (tertiary/aromatic N) is 1. The number of thiazole rings is 1. The molecule has 0 fully saturated rings. The summed E-state index contributed by atoms with van der Waals surface area (Å²) in [6.07, 6.45) is 0. The van der Waals surface area contributed by atoms with E-state index in [1.165, 1.54) is 0 Å². The fourth-order valence-electron chi connectivity index (χ4n) is 1.28. The van der Waals surface area contributed by atoms with Crippen molar-refractivity contribution in [3.05, 3.63) is 15.6 Å². The van der Waals surface area contributed by atoms with Gasteiger partial charge >= 0.3 is 6.03 Å². The molecule has 0 aromatic carbocycles. The average Bonchev–Trinajstić information content (AvgIpc) is 2.45. The van der Waals surface area contributed by atoms with Gasteiger partial charge < -0.3 is 10.6 Å². The van der Waals surface area contributed by atoms with Crippen LogP contribution in [0.2, 0.25) is 0 Å². The topological polar surface area (TPSA) is 54.0 Å². The van der Waals surface area contributed by atoms with Gasteiger partial charge in [-0.2, -0.15) is 0 Å². The number of amides is 2. The number of carbonyl (C=O) groups is 1. The zero-order valence-electron chi connectivity index (χ0n) is 8.84. The van der Waals surface area contributed by atoms with Crippen molar-refractivity contribution in [1.82, 2.24) is 15.6 Å². The molecule has 4 nitrogen and oxygen atoms in total. The maximum atomic E-state index is 11.1. The number of rotatable bonds is 2. The van der Waals surface area contributed by atoms with E-state index in [0.29, 0.717) is 0 Å². The number of hydrogen-bond acceptors (Lipinski definition) is 3. The molecular formula is C9H15N3OS. The number of nitrogens with one attached hydrogen (secondary N) is 2. The van der Waals surface area contributed by atoms with E-state index in [1.807, 2.05) is 20.8 Å². The van der Waals surface area contributed by atoms with Crippen LogP contribution in [0, 0.1) is 13.8 Å². The van der Waals surface area contributed by atoms with Crippen molar-refractivity contribution in [2.75, 3.05) is 7.05 Å². The Hall–Kier alpha value is -1.10. The predicted molar refractivity (Wildman–Crippen MR) is 57.6 cm³/mol. The van der Waals surface area contributed by atoms with E-state index in [2.05, 4.69) is 15.6 Å². The number of aryl methyl sites for hydroxylation is 2. The lowest BCUT2D eigenvalue weighted by Gasteiger charge is -2.11. The molecule has 1 aromatic heterocycles. The summed E-state index contributed by atoms with van der Waals surface area (Å²) in [6, 6.07) is -0.149. The molecule has 2 N–H and O–H groups in total. The van der Waals surface area contributed by atoms with E-state index in [-0.39, 0.29) is 12.1 Å². The van der Waals surface area contributed by atoms with Gasteiger partial charge in [0, 0.05) is 11.9 Å². The van der Waals surface area contributed by atoms with Gasteiger partial charge in [-0.25, -0.2) is 9.78 Å². The van der Waals surface area contributed by atoms with Gasteiger partial charge in [-0.15, -0.1) is 11.3 Å². The van der Waals surface area contributed by atoms with Gasteiger partial charge in [-0.05, 0) is 20.8 Å². The third-order valence-electron chi connectivity index (χ3n) is 1.91. The molecule has 1 heterocycles. The molecule has 0 saturated carbocycles. The van der Waals surface area contributed by atoms with Gasteiger partial charge in [-0.3, -0.25) is 0 Å². The minimum atomic E-state index is -0.164. The summed E-state index contributed by atoms with van der Waals surface area (Å²) in [4.78, 5) is 16.5. The standard InChI is InChI=1S/C9H15N3OS/c1-5-8(14-7(3)11-5)6(2)12-9(13)10-4/h6H,1-4H3,(H2,10,12,13). The summed E-state index contributed by atoms with van der Waals surface area (Å²) in [5.74, 6) is 0. The molecule has 1 rings (SSSR count). The summed E-state index contributed by atoms with van der Waals surface area (Å²) >= 11 is 1.62. The first-order chi connectivity index (χ1) is 6.54. The number of hydrogen-bond donors (Lipinski definition) is 2. The van der Waals surface area contributed by atoms with Crippen LogP contribution >= 0.6 is 11.3 Å². The highest BCUT2D eigenvalue weighted by molar-refractivity contribution is 7.11. The van der Waals surface area contributed by atoms with E-state index in [4.69, 9.17) is 0 Å². The molecule has 0 aliphatic rings. The Morgan fingerprint density at radius 1 is 1.50 bits per heavy atom. The third kappa shape index (κ3) is 2.45. The van der Waals surface area contributed by atoms with Crippen LogP contribution < -0.4 is 10.6 Å². The molecule has 14 heavy (non-hydrogen) atoms. The first-order valence-electron chi connectivity index (χ1n) is 4.46. The fraction of sp³-hybridized carbons (Fsp3) is 0.556. The number of aromatic nitrogens is 1. The number of carbonyl (C=O) groups excluding carboxylic acids is 1. The summed E-state index contributed by atoms with van der Waals surface area (Å²) in [5.41, 5.74) is 0.997. The maximum absolute atomic E-state index is 11.1. The lowest BCUT2D eigenvalue weighted by molar-refractivity contribution is 0.240. The van der Waals surface area contributed by atoms with Crippen LogP contribution in [0.25, 0.3) is 0 Å². The van der Waals surface area contributed by atoms with Crippen LogP contribution in [0.5, 0.6) is 0 Å². The fourth-order valence-corrected chi connectivity index (χ4v) is 2.21. The van der Waals surface area contributed by atoms with Crippen molar-refractivity contribution < 1.29 is 4.79 Å². The molecule has 0 radical (unpaired) electrons. The molecule has 1 aromatic rings. The molecule has 0 bridgehead atoms. The highest BCUT2D eigenvalue weighted by Crippen LogP contribution is 2.23. The van der Waals surface area contributed by atoms with Crippen molar-refractivity contribution in [3.63, 3.8) is 0 Å². The van der Waals surface area contributed by atoms with E-state index in [0.717, 1.165) is 15.6 Å². The zero-order valence-corrected chi connectivity index (χ0v) is 9.66. The monoisotopic (exact) mass is 213 g/mol. The lowest BCUT2D eigenvalue weighted by atomic mass is 10.2. The van der Waals surface area contributed by atoms with Crippen LogP contribution in [0.1, 0.15) is 28.5 Å². The predicted octanol–water partition coefficient (Wildman–Crippen LogP) is 1.75. The van der Waals surface area contributed by atoms with Crippen molar-refractivity contribution in [3.8, 4) is 0 Å². The van der Waals surface area contributed by atoms with Crippen molar-refractivity contribution in [2.45, 2.75) is 26.8 Å². The molecule has 5 heteroatoms. The SMILES string of the molecule is CNC(=O)NC(C)c1sc(C)nc1C. The van der Waals surface area contributed by atoms with E-state index < -0.39 is 0 Å². The Morgan fingerprint density at radius 2 is 2.14 bits per heavy atom. The van der Waals surface area contributed by atoms with Crippen LogP contribution in [0.15, 0.2) is 0 Å². The summed E-state index contributed by atoms with van der Waals surface area (Å²) in [7, 11) is 1.60. The highest BCUT2D eigenvalue weighted by Gasteiger charge is 2.14. The summed E-state index contributed by atoms with van der Waals surface area (Å²) < 4.78 is 0. The van der Waals surface area contributed by atoms with Crippen LogP contribution in [-0.4, -0.2) is 18.1 Å². The minimum absolute atomic E-state index is 0.0150. The molecule has 0 aliphatic carbocycles. The zero-order chi connectivity index (χ0) is 10.7. The summed E-state index contributed by atoms with van der Waals surface area (Å²) in [6.45, 7) is 5.88. The quantitative estimate of drug-likeness (QED) is 0.786. The van der Waals surface area contributed by atoms with E-state index in [1.54, 1.807) is 18.4 Å². The lowest BCUT2D eigenvalue weighted by Crippen LogP contribution is -2.34. The Kier molecular flexibility index (Phi) is 3.46. The van der Waals surface area contributed by atoms with Gasteiger partial charge in [0.05, 0.1) is 16.7 Å². The average molecular weight is 213 g/mol. The molecular weight excluding hydrogens is 198 g/mol. The van der Waals surface area contributed by atoms with Gasteiger partial charge in [0.1, 0.15) is 0 Å². The largest absolute Gasteiger partial charge is 0.341 e. The Bertz CT molecular complexity index is 335. The third-order valence-corrected chi connectivity index (χ3v) is 3.16. The number of urea groups is 1. The first-order valence-corrected chi connectivity index (χ1v) is 5.28. The van der Waals surface area contributed by atoms with Gasteiger partial charge in [-0.1, -0.05) is 0 Å². The second kappa shape index (κ2) is 4.41. The molecule has 2 amide bonds. The van der Waals surface area contributed by atoms with E-state index >= 15 is 0 Å². The second-order valence-electron chi connectivity index (χ2n) is 3.13. The minimum Gasteiger partial charge on any atom is -0.341 e. The van der Waals surface area contributed by atoms with Crippen LogP contribution in [0.3, 0.4) is 0 Å². The highest BCUT2D eigenvalue weighted by atomic mass is 32.1. The van der Waals surface area contributed by atoms with Gasteiger partial charge in [0.2, 0.25) is 0 Å². The Morgan fingerprint density at radius 3 is 2.57 bits per heavy atom. The van der Waals surface area contributed by atoms with E-state index in [9.17, 15) is 4.79 Å². The summed E-state index contributed by atoms with van der Waals surface area (Å²) in [5, 5.41) is 6.38. The van der Waals surface area contributed by atoms with Crippen molar-refractivity contribution >= 4 is 17.4 Å². The first kappa shape index (κ1) is 11.0. The van der Waals surface area contributed by atoms with Gasteiger partial charge in [0.15, 0.2) is 0 Å². The molecule has 0 spiro atoms. The van der Waals surface area contributed by atoms with Gasteiger partial charge in [0.25, 0.3) is 0 Å². The normalized spacial score (nSPS) is 12.3. The Balaban J connectivity index is 2.73. The maximum Gasteiger partial charge on any atom is 0.315 e. The Labute approximate surface area is 87.7 Å². The molecule has 78 valence electrons. The molecule has 1 unspecified atom stereocenters. The van der Waals surface area contributed by atoms with Crippen LogP contribution in [0.4, 0.5) is 4.79 Å². The second-order valence-corrected chi connectivity index (χ2v) is 4.36.